The highest BCUT2D eigenvalue weighted by Gasteiger charge is 2.31. The predicted octanol–water partition coefficient (Wildman–Crippen LogP) is 4.54. The van der Waals surface area contributed by atoms with Crippen molar-refractivity contribution in [2.24, 2.45) is 0 Å². The molecule has 1 atom stereocenters. The molecule has 0 fully saturated rings. The number of nitrogens with one attached hydrogen (secondary N) is 2. The van der Waals surface area contributed by atoms with Crippen LogP contribution in [0.25, 0.3) is 0 Å². The molecule has 0 radical (unpaired) electrons. The summed E-state index contributed by atoms with van der Waals surface area (Å²) in [6.07, 6.45) is 3.69. The van der Waals surface area contributed by atoms with Gasteiger partial charge in [-0.05, 0) is 65.1 Å². The maximum atomic E-state index is 13.9. The molecular formula is C32H33FN4O4S. The number of benzene rings is 3. The fraction of sp³-hybridized carbons (Fsp3) is 0.219. The molecule has 42 heavy (non-hydrogen) atoms. The second-order valence-corrected chi connectivity index (χ2v) is 11.4. The molecule has 10 heteroatoms. The summed E-state index contributed by atoms with van der Waals surface area (Å²) in [7, 11) is -3.59. The number of aromatic nitrogens is 1. The lowest BCUT2D eigenvalue weighted by Gasteiger charge is -2.32. The van der Waals surface area contributed by atoms with Crippen molar-refractivity contribution in [1.29, 1.82) is 0 Å². The van der Waals surface area contributed by atoms with Crippen molar-refractivity contribution in [3.05, 3.63) is 131 Å². The average molecular weight is 589 g/mol. The van der Waals surface area contributed by atoms with Crippen LogP contribution in [0.3, 0.4) is 0 Å². The number of carbonyl (C=O) groups excluding carboxylic acids is 2. The molecule has 4 rings (SSSR count). The topological polar surface area (TPSA) is 108 Å². The standard InChI is InChI=1S/C32H33FN4O4S/c1-2-36-42(40,41)29-15-10-24(11-16-29)12-17-30(38)37(23-26-8-13-28(33)14-9-26)31(27-6-4-3-5-7-27)32(39)35-22-25-18-20-34-21-19-25/h3-11,13-16,18-21,31,36H,2,12,17,22-23H2,1H3,(H,35,39)/t31-/m0/s1. The number of sulfonamides is 1. The number of rotatable bonds is 13. The zero-order chi connectivity index (χ0) is 30.0. The third kappa shape index (κ3) is 8.31. The van der Waals surface area contributed by atoms with Crippen LogP contribution in [0.5, 0.6) is 0 Å². The van der Waals surface area contributed by atoms with Gasteiger partial charge in [-0.15, -0.1) is 0 Å². The molecule has 2 amide bonds. The number of pyridine rings is 1. The van der Waals surface area contributed by atoms with E-state index < -0.39 is 21.9 Å². The van der Waals surface area contributed by atoms with Crippen molar-refractivity contribution >= 4 is 21.8 Å². The van der Waals surface area contributed by atoms with E-state index in [4.69, 9.17) is 0 Å². The molecule has 0 aliphatic carbocycles. The van der Waals surface area contributed by atoms with Crippen LogP contribution >= 0.6 is 0 Å². The minimum Gasteiger partial charge on any atom is -0.350 e. The Bertz CT molecular complexity index is 1570. The summed E-state index contributed by atoms with van der Waals surface area (Å²) in [4.78, 5) is 33.2. The summed E-state index contributed by atoms with van der Waals surface area (Å²) < 4.78 is 40.7. The lowest BCUT2D eigenvalue weighted by Crippen LogP contribution is -2.43. The van der Waals surface area contributed by atoms with Gasteiger partial charge in [-0.3, -0.25) is 14.6 Å². The Morgan fingerprint density at radius 1 is 0.857 bits per heavy atom. The highest BCUT2D eigenvalue weighted by molar-refractivity contribution is 7.89. The van der Waals surface area contributed by atoms with E-state index in [1.54, 1.807) is 67.8 Å². The summed E-state index contributed by atoms with van der Waals surface area (Å²) in [6, 6.07) is 23.9. The van der Waals surface area contributed by atoms with E-state index in [0.717, 1.165) is 11.1 Å². The third-order valence-electron chi connectivity index (χ3n) is 6.67. The molecule has 0 spiro atoms. The summed E-state index contributed by atoms with van der Waals surface area (Å²) in [5, 5.41) is 2.95. The lowest BCUT2D eigenvalue weighted by molar-refractivity contribution is -0.141. The van der Waals surface area contributed by atoms with Gasteiger partial charge in [0.15, 0.2) is 0 Å². The second-order valence-electron chi connectivity index (χ2n) is 9.68. The molecule has 1 aromatic heterocycles. The minimum atomic E-state index is -3.59. The highest BCUT2D eigenvalue weighted by atomic mass is 32.2. The molecule has 2 N–H and O–H groups in total. The number of halogens is 1. The van der Waals surface area contributed by atoms with Crippen LogP contribution in [0.4, 0.5) is 4.39 Å². The van der Waals surface area contributed by atoms with Gasteiger partial charge in [0.05, 0.1) is 4.90 Å². The second kappa shape index (κ2) is 14.5. The maximum absolute atomic E-state index is 13.9. The predicted molar refractivity (Wildman–Crippen MR) is 158 cm³/mol. The van der Waals surface area contributed by atoms with Crippen molar-refractivity contribution < 1.29 is 22.4 Å². The largest absolute Gasteiger partial charge is 0.350 e. The molecule has 0 aliphatic heterocycles. The first-order chi connectivity index (χ1) is 20.3. The summed E-state index contributed by atoms with van der Waals surface area (Å²) >= 11 is 0. The van der Waals surface area contributed by atoms with Gasteiger partial charge in [-0.25, -0.2) is 17.5 Å². The Balaban J connectivity index is 1.59. The van der Waals surface area contributed by atoms with E-state index in [0.29, 0.717) is 17.5 Å². The van der Waals surface area contributed by atoms with E-state index in [9.17, 15) is 22.4 Å². The molecule has 3 aromatic carbocycles. The molecule has 1 heterocycles. The summed E-state index contributed by atoms with van der Waals surface area (Å²) in [5.74, 6) is -1.03. The van der Waals surface area contributed by atoms with Crippen molar-refractivity contribution in [3.8, 4) is 0 Å². The quantitative estimate of drug-likeness (QED) is 0.239. The first-order valence-electron chi connectivity index (χ1n) is 13.6. The Kier molecular flexibility index (Phi) is 10.5. The van der Waals surface area contributed by atoms with E-state index in [1.165, 1.54) is 29.2 Å². The van der Waals surface area contributed by atoms with Gasteiger partial charge in [0.25, 0.3) is 0 Å². The van der Waals surface area contributed by atoms with E-state index >= 15 is 0 Å². The molecule has 0 unspecified atom stereocenters. The lowest BCUT2D eigenvalue weighted by atomic mass is 10.0. The van der Waals surface area contributed by atoms with Crippen LogP contribution in [0.1, 0.15) is 41.6 Å². The van der Waals surface area contributed by atoms with Gasteiger partial charge < -0.3 is 10.2 Å². The fourth-order valence-electron chi connectivity index (χ4n) is 4.51. The smallest absolute Gasteiger partial charge is 0.247 e. The maximum Gasteiger partial charge on any atom is 0.247 e. The van der Waals surface area contributed by atoms with Gasteiger partial charge >= 0.3 is 0 Å². The molecule has 0 bridgehead atoms. The monoisotopic (exact) mass is 588 g/mol. The van der Waals surface area contributed by atoms with Crippen LogP contribution in [0.15, 0.2) is 108 Å². The van der Waals surface area contributed by atoms with Crippen LogP contribution in [0.2, 0.25) is 0 Å². The van der Waals surface area contributed by atoms with Gasteiger partial charge in [0.1, 0.15) is 11.9 Å². The normalized spacial score (nSPS) is 12.0. The molecule has 0 aliphatic rings. The van der Waals surface area contributed by atoms with Crippen LogP contribution < -0.4 is 10.0 Å². The fourth-order valence-corrected chi connectivity index (χ4v) is 5.55. The van der Waals surface area contributed by atoms with Crippen molar-refractivity contribution in [3.63, 3.8) is 0 Å². The van der Waals surface area contributed by atoms with Crippen LogP contribution in [0, 0.1) is 5.82 Å². The molecule has 8 nitrogen and oxygen atoms in total. The molecule has 0 saturated heterocycles. The van der Waals surface area contributed by atoms with Gasteiger partial charge in [0, 0.05) is 38.4 Å². The average Bonchev–Trinajstić information content (AvgIpc) is 3.01. The zero-order valence-corrected chi connectivity index (χ0v) is 24.1. The third-order valence-corrected chi connectivity index (χ3v) is 8.23. The van der Waals surface area contributed by atoms with Crippen LogP contribution in [-0.2, 0) is 39.1 Å². The molecule has 4 aromatic rings. The Morgan fingerprint density at radius 2 is 1.50 bits per heavy atom. The SMILES string of the molecule is CCNS(=O)(=O)c1ccc(CCC(=O)N(Cc2ccc(F)cc2)[C@H](C(=O)NCc2ccncc2)c2ccccc2)cc1. The summed E-state index contributed by atoms with van der Waals surface area (Å²) in [6.45, 7) is 2.32. The number of nitrogens with zero attached hydrogens (tertiary/aromatic N) is 2. The Labute approximate surface area is 245 Å². The Morgan fingerprint density at radius 3 is 2.14 bits per heavy atom. The first-order valence-corrected chi connectivity index (χ1v) is 15.1. The zero-order valence-electron chi connectivity index (χ0n) is 23.2. The summed E-state index contributed by atoms with van der Waals surface area (Å²) in [5.41, 5.74) is 2.95. The number of amides is 2. The van der Waals surface area contributed by atoms with Gasteiger partial charge in [-0.1, -0.05) is 61.5 Å². The van der Waals surface area contributed by atoms with Crippen molar-refractivity contribution in [2.45, 2.75) is 43.8 Å². The van der Waals surface area contributed by atoms with E-state index in [-0.39, 0.29) is 42.8 Å². The number of aryl methyl sites for hydroxylation is 1. The minimum absolute atomic E-state index is 0.0709. The Hall–Kier alpha value is -4.41. The molecule has 0 saturated carbocycles. The van der Waals surface area contributed by atoms with E-state index in [1.807, 2.05) is 18.2 Å². The van der Waals surface area contributed by atoms with Crippen molar-refractivity contribution in [2.75, 3.05) is 6.54 Å². The highest BCUT2D eigenvalue weighted by Crippen LogP contribution is 2.26. The number of carbonyl (C=O) groups is 2. The number of hydrogen-bond acceptors (Lipinski definition) is 5. The molecule has 218 valence electrons. The first kappa shape index (κ1) is 30.5. The van der Waals surface area contributed by atoms with Crippen molar-refractivity contribution in [1.82, 2.24) is 19.9 Å². The van der Waals surface area contributed by atoms with Gasteiger partial charge in [0.2, 0.25) is 21.8 Å². The molecular weight excluding hydrogens is 555 g/mol. The number of hydrogen-bond donors (Lipinski definition) is 2. The van der Waals surface area contributed by atoms with Crippen LogP contribution in [-0.4, -0.2) is 36.7 Å². The van der Waals surface area contributed by atoms with Gasteiger partial charge in [-0.2, -0.15) is 0 Å². The van der Waals surface area contributed by atoms with E-state index in [2.05, 4.69) is 15.0 Å².